The molecule has 6 nitrogen and oxygen atoms in total. The smallest absolute Gasteiger partial charge is 0.326 e. The minimum atomic E-state index is -0.109. The summed E-state index contributed by atoms with van der Waals surface area (Å²) in [7, 11) is 3.50. The fourth-order valence-electron chi connectivity index (χ4n) is 2.61. The van der Waals surface area contributed by atoms with Crippen molar-refractivity contribution in [3.8, 4) is 0 Å². The maximum absolute atomic E-state index is 12.0. The largest absolute Gasteiger partial charge is 0.328 e. The van der Waals surface area contributed by atoms with E-state index in [-0.39, 0.29) is 11.6 Å². The number of carbonyl (C=O) groups excluding carboxylic acids is 1. The molecule has 0 fully saturated rings. The van der Waals surface area contributed by atoms with Gasteiger partial charge in [0.25, 0.3) is 0 Å². The number of rotatable bonds is 3. The van der Waals surface area contributed by atoms with Crippen LogP contribution in [0.1, 0.15) is 12.5 Å². The third-order valence-electron chi connectivity index (χ3n) is 3.93. The predicted molar refractivity (Wildman–Crippen MR) is 104 cm³/mol. The van der Waals surface area contributed by atoms with Crippen LogP contribution in [0.2, 0.25) is 0 Å². The van der Waals surface area contributed by atoms with Crippen LogP contribution in [0.15, 0.2) is 50.7 Å². The second-order valence-corrected chi connectivity index (χ2v) is 6.60. The highest BCUT2D eigenvalue weighted by atomic mass is 79.9. The Labute approximate surface area is 152 Å². The van der Waals surface area contributed by atoms with Crippen molar-refractivity contribution in [1.82, 2.24) is 9.13 Å². The van der Waals surface area contributed by atoms with Gasteiger partial charge in [-0.15, -0.1) is 0 Å². The number of nitrogens with zero attached hydrogens (tertiary/aromatic N) is 3. The molecular formula is C18H17BrN4O2. The maximum Gasteiger partial charge on any atom is 0.328 e. The predicted octanol–water partition coefficient (Wildman–Crippen LogP) is 3.35. The quantitative estimate of drug-likeness (QED) is 0.684. The van der Waals surface area contributed by atoms with Crippen molar-refractivity contribution in [2.75, 3.05) is 5.32 Å². The first-order valence-electron chi connectivity index (χ1n) is 7.63. The molecule has 1 heterocycles. The Morgan fingerprint density at radius 3 is 2.32 bits per heavy atom. The molecule has 0 spiro atoms. The summed E-state index contributed by atoms with van der Waals surface area (Å²) in [5.41, 5.74) is 4.01. The van der Waals surface area contributed by atoms with Gasteiger partial charge in [-0.1, -0.05) is 15.9 Å². The first-order valence-corrected chi connectivity index (χ1v) is 8.43. The fraction of sp³-hybridized carbons (Fsp3) is 0.167. The molecule has 0 saturated heterocycles. The van der Waals surface area contributed by atoms with E-state index >= 15 is 0 Å². The SMILES string of the molecule is CC(=O)Nc1ccc(N=Cc2cc3c(cc2Br)n(C)c(=O)n3C)cc1. The van der Waals surface area contributed by atoms with Crippen LogP contribution in [0, 0.1) is 0 Å². The van der Waals surface area contributed by atoms with Crippen molar-refractivity contribution in [3.63, 3.8) is 0 Å². The summed E-state index contributed by atoms with van der Waals surface area (Å²) >= 11 is 3.53. The highest BCUT2D eigenvalue weighted by Gasteiger charge is 2.10. The molecule has 0 aliphatic rings. The molecule has 2 aromatic carbocycles. The Balaban J connectivity index is 1.93. The maximum atomic E-state index is 12.0. The molecule has 0 aliphatic heterocycles. The van der Waals surface area contributed by atoms with E-state index in [0.29, 0.717) is 0 Å². The molecule has 1 N–H and O–H groups in total. The highest BCUT2D eigenvalue weighted by molar-refractivity contribution is 9.10. The third kappa shape index (κ3) is 3.41. The molecule has 128 valence electrons. The van der Waals surface area contributed by atoms with Gasteiger partial charge in [0.15, 0.2) is 0 Å². The summed E-state index contributed by atoms with van der Waals surface area (Å²) in [6, 6.07) is 11.1. The van der Waals surface area contributed by atoms with Gasteiger partial charge < -0.3 is 5.32 Å². The number of hydrogen-bond acceptors (Lipinski definition) is 3. The summed E-state index contributed by atoms with van der Waals surface area (Å²) in [5.74, 6) is -0.109. The molecule has 1 aromatic heterocycles. The number of hydrogen-bond donors (Lipinski definition) is 1. The number of benzene rings is 2. The number of amides is 1. The molecule has 3 rings (SSSR count). The summed E-state index contributed by atoms with van der Waals surface area (Å²) < 4.78 is 4.09. The van der Waals surface area contributed by atoms with Gasteiger partial charge in [-0.05, 0) is 36.4 Å². The number of imidazole rings is 1. The van der Waals surface area contributed by atoms with E-state index in [4.69, 9.17) is 0 Å². The average Bonchev–Trinajstić information content (AvgIpc) is 2.78. The lowest BCUT2D eigenvalue weighted by Crippen LogP contribution is -2.19. The summed E-state index contributed by atoms with van der Waals surface area (Å²) in [6.07, 6.45) is 1.74. The number of anilines is 1. The minimum absolute atomic E-state index is 0.0652. The number of aliphatic imine (C=N–C) groups is 1. The van der Waals surface area contributed by atoms with Crippen LogP contribution in [0.3, 0.4) is 0 Å². The fourth-order valence-corrected chi connectivity index (χ4v) is 3.05. The second kappa shape index (κ2) is 6.68. The van der Waals surface area contributed by atoms with Crippen molar-refractivity contribution in [2.45, 2.75) is 6.92 Å². The molecule has 0 radical (unpaired) electrons. The molecular weight excluding hydrogens is 384 g/mol. The zero-order valence-electron chi connectivity index (χ0n) is 14.1. The zero-order chi connectivity index (χ0) is 18.1. The summed E-state index contributed by atoms with van der Waals surface area (Å²) in [4.78, 5) is 27.5. The Bertz CT molecular complexity index is 1050. The lowest BCUT2D eigenvalue weighted by atomic mass is 10.2. The van der Waals surface area contributed by atoms with Gasteiger partial charge in [0, 0.05) is 43.0 Å². The highest BCUT2D eigenvalue weighted by Crippen LogP contribution is 2.23. The van der Waals surface area contributed by atoms with Gasteiger partial charge in [-0.3, -0.25) is 18.9 Å². The number of nitrogens with one attached hydrogen (secondary N) is 1. The van der Waals surface area contributed by atoms with Gasteiger partial charge in [-0.25, -0.2) is 4.79 Å². The lowest BCUT2D eigenvalue weighted by molar-refractivity contribution is -0.114. The molecule has 0 bridgehead atoms. The van der Waals surface area contributed by atoms with Gasteiger partial charge in [0.2, 0.25) is 5.91 Å². The Kier molecular flexibility index (Phi) is 4.59. The van der Waals surface area contributed by atoms with Crippen LogP contribution in [0.5, 0.6) is 0 Å². The molecule has 0 aliphatic carbocycles. The Morgan fingerprint density at radius 2 is 1.72 bits per heavy atom. The van der Waals surface area contributed by atoms with E-state index in [1.807, 2.05) is 24.3 Å². The van der Waals surface area contributed by atoms with E-state index in [1.54, 1.807) is 41.6 Å². The van der Waals surface area contributed by atoms with Crippen molar-refractivity contribution in [1.29, 1.82) is 0 Å². The van der Waals surface area contributed by atoms with Gasteiger partial charge in [-0.2, -0.15) is 0 Å². The first kappa shape index (κ1) is 17.2. The molecule has 3 aromatic rings. The van der Waals surface area contributed by atoms with E-state index in [0.717, 1.165) is 32.4 Å². The average molecular weight is 401 g/mol. The van der Waals surface area contributed by atoms with Crippen molar-refractivity contribution in [2.24, 2.45) is 19.1 Å². The van der Waals surface area contributed by atoms with Crippen molar-refractivity contribution >= 4 is 50.5 Å². The number of carbonyl (C=O) groups is 1. The van der Waals surface area contributed by atoms with Gasteiger partial charge >= 0.3 is 5.69 Å². The zero-order valence-corrected chi connectivity index (χ0v) is 15.7. The van der Waals surface area contributed by atoms with Gasteiger partial charge in [0.1, 0.15) is 0 Å². The van der Waals surface area contributed by atoms with E-state index in [1.165, 1.54) is 6.92 Å². The van der Waals surface area contributed by atoms with Crippen LogP contribution in [0.25, 0.3) is 11.0 Å². The van der Waals surface area contributed by atoms with E-state index in [9.17, 15) is 9.59 Å². The van der Waals surface area contributed by atoms with Crippen LogP contribution >= 0.6 is 15.9 Å². The lowest BCUT2D eigenvalue weighted by Gasteiger charge is -2.03. The van der Waals surface area contributed by atoms with Crippen molar-refractivity contribution in [3.05, 3.63) is 56.9 Å². The monoisotopic (exact) mass is 400 g/mol. The summed E-state index contributed by atoms with van der Waals surface area (Å²) in [6.45, 7) is 1.47. The van der Waals surface area contributed by atoms with Crippen LogP contribution in [0.4, 0.5) is 11.4 Å². The standard InChI is InChI=1S/C18H17BrN4O2/c1-11(24)21-14-6-4-13(5-7-14)20-10-12-8-16-17(9-15(12)19)23(3)18(25)22(16)2/h4-10H,1-3H3,(H,21,24). The molecule has 0 atom stereocenters. The number of halogens is 1. The van der Waals surface area contributed by atoms with Crippen molar-refractivity contribution < 1.29 is 4.79 Å². The molecule has 7 heteroatoms. The molecule has 25 heavy (non-hydrogen) atoms. The topological polar surface area (TPSA) is 68.4 Å². The third-order valence-corrected chi connectivity index (χ3v) is 4.62. The van der Waals surface area contributed by atoms with Crippen LogP contribution in [-0.2, 0) is 18.9 Å². The summed E-state index contributed by atoms with van der Waals surface area (Å²) in [5, 5.41) is 2.72. The normalized spacial score (nSPS) is 11.4. The molecule has 1 amide bonds. The van der Waals surface area contributed by atoms with Crippen LogP contribution < -0.4 is 11.0 Å². The first-order chi connectivity index (χ1) is 11.9. The number of aromatic nitrogens is 2. The van der Waals surface area contributed by atoms with Crippen LogP contribution in [-0.4, -0.2) is 21.3 Å². The molecule has 0 saturated carbocycles. The van der Waals surface area contributed by atoms with E-state index < -0.39 is 0 Å². The Morgan fingerprint density at radius 1 is 1.12 bits per heavy atom. The van der Waals surface area contributed by atoms with Gasteiger partial charge in [0.05, 0.1) is 16.7 Å². The number of aryl methyl sites for hydroxylation is 2. The van der Waals surface area contributed by atoms with E-state index in [2.05, 4.69) is 26.2 Å². The second-order valence-electron chi connectivity index (χ2n) is 5.75. The molecule has 0 unspecified atom stereocenters. The Hall–Kier alpha value is -2.67. The number of fused-ring (bicyclic) bond motifs is 1. The minimum Gasteiger partial charge on any atom is -0.326 e.